The Kier molecular flexibility index (Phi) is 4.39. The van der Waals surface area contributed by atoms with Gasteiger partial charge in [0.25, 0.3) is 0 Å². The average molecular weight is 314 g/mol. The lowest BCUT2D eigenvalue weighted by molar-refractivity contribution is 0.118. The molecule has 0 radical (unpaired) electrons. The molecule has 0 N–H and O–H groups in total. The Balaban J connectivity index is 1.76. The molecule has 1 saturated heterocycles. The van der Waals surface area contributed by atoms with Crippen molar-refractivity contribution < 1.29 is 8.81 Å². The van der Waals surface area contributed by atoms with Crippen LogP contribution in [0.1, 0.15) is 48.6 Å². The van der Waals surface area contributed by atoms with Crippen LogP contribution in [-0.2, 0) is 6.54 Å². The van der Waals surface area contributed by atoms with E-state index in [1.807, 2.05) is 6.07 Å². The van der Waals surface area contributed by atoms with Gasteiger partial charge in [0.1, 0.15) is 11.9 Å². The molecule has 0 unspecified atom stereocenters. The van der Waals surface area contributed by atoms with Crippen LogP contribution in [0.4, 0.5) is 4.39 Å². The third kappa shape index (κ3) is 3.25. The summed E-state index contributed by atoms with van der Waals surface area (Å²) in [7, 11) is 0. The number of hydrogen-bond donors (Lipinski definition) is 0. The highest BCUT2D eigenvalue weighted by Gasteiger charge is 2.32. The summed E-state index contributed by atoms with van der Waals surface area (Å²) in [5.41, 5.74) is 1.04. The van der Waals surface area contributed by atoms with Crippen molar-refractivity contribution in [1.29, 1.82) is 5.26 Å². The lowest BCUT2D eigenvalue weighted by Crippen LogP contribution is -2.41. The zero-order valence-corrected chi connectivity index (χ0v) is 13.3. The van der Waals surface area contributed by atoms with Gasteiger partial charge in [0, 0.05) is 19.5 Å². The van der Waals surface area contributed by atoms with Crippen LogP contribution >= 0.6 is 0 Å². The van der Waals surface area contributed by atoms with Crippen molar-refractivity contribution in [2.24, 2.45) is 0 Å². The SMILES string of the molecule is Cc1nnc([C@H]2CCCN(Cc3ccc(F)c(C#N)c3)[C@H]2C)o1. The lowest BCUT2D eigenvalue weighted by atomic mass is 9.89. The summed E-state index contributed by atoms with van der Waals surface area (Å²) in [6, 6.07) is 6.87. The highest BCUT2D eigenvalue weighted by Crippen LogP contribution is 2.32. The van der Waals surface area contributed by atoms with Crippen LogP contribution in [0.5, 0.6) is 0 Å². The molecule has 1 aliphatic heterocycles. The molecule has 6 heteroatoms. The molecule has 0 spiro atoms. The van der Waals surface area contributed by atoms with Gasteiger partial charge in [0.05, 0.1) is 11.5 Å². The Morgan fingerprint density at radius 2 is 2.26 bits per heavy atom. The van der Waals surface area contributed by atoms with Gasteiger partial charge in [-0.3, -0.25) is 4.90 Å². The maximum atomic E-state index is 13.4. The van der Waals surface area contributed by atoms with Gasteiger partial charge in [-0.2, -0.15) is 5.26 Å². The summed E-state index contributed by atoms with van der Waals surface area (Å²) >= 11 is 0. The second-order valence-corrected chi connectivity index (χ2v) is 6.05. The number of halogens is 1. The molecule has 1 fully saturated rings. The second kappa shape index (κ2) is 6.47. The van der Waals surface area contributed by atoms with Crippen molar-refractivity contribution in [3.63, 3.8) is 0 Å². The molecule has 1 aromatic carbocycles. The molecule has 1 aromatic heterocycles. The molecular weight excluding hydrogens is 295 g/mol. The van der Waals surface area contributed by atoms with Gasteiger partial charge in [-0.25, -0.2) is 4.39 Å². The number of aromatic nitrogens is 2. The smallest absolute Gasteiger partial charge is 0.221 e. The summed E-state index contributed by atoms with van der Waals surface area (Å²) in [5.74, 6) is 1.01. The molecule has 2 heterocycles. The summed E-state index contributed by atoms with van der Waals surface area (Å²) in [5, 5.41) is 17.1. The summed E-state index contributed by atoms with van der Waals surface area (Å²) in [6.07, 6.45) is 2.06. The number of hydrogen-bond acceptors (Lipinski definition) is 5. The molecule has 23 heavy (non-hydrogen) atoms. The summed E-state index contributed by atoms with van der Waals surface area (Å²) in [4.78, 5) is 2.32. The zero-order chi connectivity index (χ0) is 16.4. The predicted molar refractivity (Wildman–Crippen MR) is 82.0 cm³/mol. The van der Waals surface area contributed by atoms with Crippen LogP contribution < -0.4 is 0 Å². The third-order valence-corrected chi connectivity index (χ3v) is 4.51. The van der Waals surface area contributed by atoms with Gasteiger partial charge in [0.2, 0.25) is 11.8 Å². The number of likely N-dealkylation sites (tertiary alicyclic amines) is 1. The van der Waals surface area contributed by atoms with Crippen molar-refractivity contribution >= 4 is 0 Å². The summed E-state index contributed by atoms with van der Waals surface area (Å²) < 4.78 is 19.0. The monoisotopic (exact) mass is 314 g/mol. The Morgan fingerprint density at radius 1 is 1.43 bits per heavy atom. The van der Waals surface area contributed by atoms with Crippen molar-refractivity contribution in [1.82, 2.24) is 15.1 Å². The van der Waals surface area contributed by atoms with E-state index in [2.05, 4.69) is 22.0 Å². The quantitative estimate of drug-likeness (QED) is 0.870. The van der Waals surface area contributed by atoms with E-state index < -0.39 is 5.82 Å². The minimum Gasteiger partial charge on any atom is -0.425 e. The maximum Gasteiger partial charge on any atom is 0.221 e. The lowest BCUT2D eigenvalue weighted by Gasteiger charge is -2.37. The molecule has 1 aliphatic rings. The first-order valence-electron chi connectivity index (χ1n) is 7.81. The molecule has 0 bridgehead atoms. The second-order valence-electron chi connectivity index (χ2n) is 6.05. The Labute approximate surface area is 134 Å². The van der Waals surface area contributed by atoms with Crippen LogP contribution in [0.15, 0.2) is 22.6 Å². The van der Waals surface area contributed by atoms with Gasteiger partial charge < -0.3 is 4.42 Å². The van der Waals surface area contributed by atoms with E-state index in [1.165, 1.54) is 6.07 Å². The number of piperidine rings is 1. The van der Waals surface area contributed by atoms with E-state index in [1.54, 1.807) is 19.1 Å². The van der Waals surface area contributed by atoms with Crippen LogP contribution in [-0.4, -0.2) is 27.7 Å². The van der Waals surface area contributed by atoms with Gasteiger partial charge in [0.15, 0.2) is 0 Å². The van der Waals surface area contributed by atoms with Crippen molar-refractivity contribution in [2.45, 2.75) is 45.2 Å². The molecule has 5 nitrogen and oxygen atoms in total. The van der Waals surface area contributed by atoms with Crippen LogP contribution in [0, 0.1) is 24.1 Å². The minimum atomic E-state index is -0.470. The fourth-order valence-electron chi connectivity index (χ4n) is 3.22. The van der Waals surface area contributed by atoms with Crippen molar-refractivity contribution in [2.75, 3.05) is 6.54 Å². The molecule has 120 valence electrons. The molecule has 0 amide bonds. The fraction of sp³-hybridized carbons (Fsp3) is 0.471. The Bertz CT molecular complexity index is 736. The molecular formula is C17H19FN4O. The van der Waals surface area contributed by atoms with Crippen molar-refractivity contribution in [3.8, 4) is 6.07 Å². The molecule has 0 saturated carbocycles. The average Bonchev–Trinajstić information content (AvgIpc) is 2.97. The Morgan fingerprint density at radius 3 is 2.96 bits per heavy atom. The van der Waals surface area contributed by atoms with Gasteiger partial charge in [-0.15, -0.1) is 10.2 Å². The highest BCUT2D eigenvalue weighted by atomic mass is 19.1. The van der Waals surface area contributed by atoms with E-state index in [9.17, 15) is 4.39 Å². The van der Waals surface area contributed by atoms with Gasteiger partial charge in [-0.1, -0.05) is 6.07 Å². The zero-order valence-electron chi connectivity index (χ0n) is 13.3. The standard InChI is InChI=1S/C17H19FN4O/c1-11-15(17-21-20-12(2)23-17)4-3-7-22(11)10-13-5-6-16(18)14(8-13)9-19/h5-6,8,11,15H,3-4,7,10H2,1-2H3/t11-,15-/m0/s1. The first-order valence-corrected chi connectivity index (χ1v) is 7.81. The first kappa shape index (κ1) is 15.6. The molecule has 0 aliphatic carbocycles. The topological polar surface area (TPSA) is 66.0 Å². The van der Waals surface area contributed by atoms with E-state index in [4.69, 9.17) is 9.68 Å². The number of nitrogens with zero attached hydrogens (tertiary/aromatic N) is 4. The number of nitriles is 1. The van der Waals surface area contributed by atoms with Crippen LogP contribution in [0.2, 0.25) is 0 Å². The maximum absolute atomic E-state index is 13.4. The predicted octanol–water partition coefficient (Wildman–Crippen LogP) is 3.16. The van der Waals surface area contributed by atoms with Gasteiger partial charge >= 0.3 is 0 Å². The van der Waals surface area contributed by atoms with E-state index in [-0.39, 0.29) is 17.5 Å². The van der Waals surface area contributed by atoms with E-state index >= 15 is 0 Å². The normalized spacial score (nSPS) is 22.0. The van der Waals surface area contributed by atoms with E-state index in [0.29, 0.717) is 18.3 Å². The summed E-state index contributed by atoms with van der Waals surface area (Å²) in [6.45, 7) is 5.59. The fourth-order valence-corrected chi connectivity index (χ4v) is 3.22. The molecule has 2 aromatic rings. The van der Waals surface area contributed by atoms with E-state index in [0.717, 1.165) is 24.9 Å². The Hall–Kier alpha value is -2.26. The van der Waals surface area contributed by atoms with Crippen LogP contribution in [0.25, 0.3) is 0 Å². The molecule has 2 atom stereocenters. The number of rotatable bonds is 3. The largest absolute Gasteiger partial charge is 0.425 e. The number of benzene rings is 1. The van der Waals surface area contributed by atoms with Gasteiger partial charge in [-0.05, 0) is 44.0 Å². The first-order chi connectivity index (χ1) is 11.1. The van der Waals surface area contributed by atoms with Crippen LogP contribution in [0.3, 0.4) is 0 Å². The number of aryl methyl sites for hydroxylation is 1. The van der Waals surface area contributed by atoms with Crippen molar-refractivity contribution in [3.05, 3.63) is 46.9 Å². The highest BCUT2D eigenvalue weighted by molar-refractivity contribution is 5.34. The molecule has 3 rings (SSSR count). The third-order valence-electron chi connectivity index (χ3n) is 4.51. The minimum absolute atomic E-state index is 0.0937.